The quantitative estimate of drug-likeness (QED) is 0.631. The predicted octanol–water partition coefficient (Wildman–Crippen LogP) is 5.48. The van der Waals surface area contributed by atoms with Crippen molar-refractivity contribution in [1.82, 2.24) is 0 Å². The van der Waals surface area contributed by atoms with Gasteiger partial charge >= 0.3 is 0 Å². The van der Waals surface area contributed by atoms with E-state index in [0.717, 1.165) is 22.6 Å². The Bertz CT molecular complexity index is 716. The minimum atomic E-state index is 0.124. The molecule has 0 fully saturated rings. The molecule has 0 saturated carbocycles. The smallest absolute Gasteiger partial charge is 0.169 e. The average molecular weight is 284 g/mol. The first-order chi connectivity index (χ1) is 9.74. The third-order valence-electron chi connectivity index (χ3n) is 2.88. The highest BCUT2D eigenvalue weighted by molar-refractivity contribution is 7.17. The van der Waals surface area contributed by atoms with Gasteiger partial charge in [-0.1, -0.05) is 24.3 Å². The minimum absolute atomic E-state index is 0.124. The summed E-state index contributed by atoms with van der Waals surface area (Å²) in [5, 5.41) is 3.17. The predicted molar refractivity (Wildman–Crippen MR) is 84.1 cm³/mol. The number of ether oxygens (including phenoxy) is 2. The largest absolute Gasteiger partial charge is 0.487 e. The number of rotatable bonds is 4. The van der Waals surface area contributed by atoms with Crippen LogP contribution in [0.25, 0.3) is 10.1 Å². The zero-order valence-electron chi connectivity index (χ0n) is 11.5. The van der Waals surface area contributed by atoms with E-state index < -0.39 is 0 Å². The molecule has 2 aromatic carbocycles. The number of hydrogen-bond donors (Lipinski definition) is 0. The molecule has 0 spiro atoms. The zero-order valence-corrected chi connectivity index (χ0v) is 12.3. The van der Waals surface area contributed by atoms with Crippen LogP contribution in [0.15, 0.2) is 53.9 Å². The molecule has 0 unspecified atom stereocenters. The van der Waals surface area contributed by atoms with Crippen LogP contribution < -0.4 is 9.47 Å². The Hall–Kier alpha value is -2.00. The molecule has 0 aliphatic heterocycles. The number of thiophene rings is 1. The summed E-state index contributed by atoms with van der Waals surface area (Å²) in [5.74, 6) is 2.41. The number of benzene rings is 2. The van der Waals surface area contributed by atoms with E-state index in [1.165, 1.54) is 4.70 Å². The van der Waals surface area contributed by atoms with E-state index in [0.29, 0.717) is 0 Å². The standard InChI is InChI=1S/C17H16O2S/c1-12(2)18-14-8-4-5-9-15(14)19-16-11-20-17-10-6-3-7-13(16)17/h3-12H,1-2H3. The van der Waals surface area contributed by atoms with Gasteiger partial charge in [-0.2, -0.15) is 0 Å². The molecule has 0 amide bonds. The van der Waals surface area contributed by atoms with Gasteiger partial charge in [-0.15, -0.1) is 11.3 Å². The Balaban J connectivity index is 1.95. The molecule has 3 rings (SSSR count). The van der Waals surface area contributed by atoms with Crippen LogP contribution >= 0.6 is 11.3 Å². The SMILES string of the molecule is CC(C)Oc1ccccc1Oc1csc2ccccc12. The van der Waals surface area contributed by atoms with E-state index in [1.54, 1.807) is 11.3 Å². The fourth-order valence-electron chi connectivity index (χ4n) is 2.04. The van der Waals surface area contributed by atoms with Crippen molar-refractivity contribution in [2.75, 3.05) is 0 Å². The van der Waals surface area contributed by atoms with Crippen LogP contribution in [0.5, 0.6) is 17.2 Å². The Morgan fingerprint density at radius 1 is 0.850 bits per heavy atom. The molecule has 1 aromatic heterocycles. The molecule has 0 saturated heterocycles. The first-order valence-corrected chi connectivity index (χ1v) is 7.52. The van der Waals surface area contributed by atoms with Crippen molar-refractivity contribution < 1.29 is 9.47 Å². The van der Waals surface area contributed by atoms with E-state index in [2.05, 4.69) is 12.1 Å². The molecular formula is C17H16O2S. The second-order valence-corrected chi connectivity index (χ2v) is 5.72. The van der Waals surface area contributed by atoms with Crippen molar-refractivity contribution in [2.24, 2.45) is 0 Å². The highest BCUT2D eigenvalue weighted by Gasteiger charge is 2.10. The second-order valence-electron chi connectivity index (χ2n) is 4.81. The normalized spacial score (nSPS) is 10.9. The first kappa shape index (κ1) is 13.0. The van der Waals surface area contributed by atoms with Crippen LogP contribution in [0, 0.1) is 0 Å². The van der Waals surface area contributed by atoms with Crippen LogP contribution in [0.4, 0.5) is 0 Å². The summed E-state index contributed by atoms with van der Waals surface area (Å²) in [6.45, 7) is 4.02. The monoisotopic (exact) mass is 284 g/mol. The Morgan fingerprint density at radius 2 is 1.55 bits per heavy atom. The van der Waals surface area contributed by atoms with Gasteiger partial charge in [0.25, 0.3) is 0 Å². The minimum Gasteiger partial charge on any atom is -0.487 e. The van der Waals surface area contributed by atoms with Crippen molar-refractivity contribution in [1.29, 1.82) is 0 Å². The molecule has 102 valence electrons. The molecule has 0 bridgehead atoms. The van der Waals surface area contributed by atoms with Gasteiger partial charge in [0.1, 0.15) is 5.75 Å². The van der Waals surface area contributed by atoms with Crippen molar-refractivity contribution in [2.45, 2.75) is 20.0 Å². The molecule has 1 heterocycles. The summed E-state index contributed by atoms with van der Waals surface area (Å²) in [7, 11) is 0. The summed E-state index contributed by atoms with van der Waals surface area (Å²) < 4.78 is 13.1. The van der Waals surface area contributed by atoms with Crippen molar-refractivity contribution in [3.05, 3.63) is 53.9 Å². The lowest BCUT2D eigenvalue weighted by atomic mass is 10.2. The second kappa shape index (κ2) is 5.55. The van der Waals surface area contributed by atoms with Crippen molar-refractivity contribution in [3.63, 3.8) is 0 Å². The van der Waals surface area contributed by atoms with E-state index in [4.69, 9.17) is 9.47 Å². The summed E-state index contributed by atoms with van der Waals surface area (Å²) in [6, 6.07) is 16.0. The maximum absolute atomic E-state index is 6.05. The third-order valence-corrected chi connectivity index (χ3v) is 3.82. The topological polar surface area (TPSA) is 18.5 Å². The Labute approximate surface area is 122 Å². The molecule has 3 aromatic rings. The van der Waals surface area contributed by atoms with Gasteiger partial charge in [0.05, 0.1) is 6.10 Å². The van der Waals surface area contributed by atoms with Gasteiger partial charge in [0.2, 0.25) is 0 Å². The van der Waals surface area contributed by atoms with Crippen LogP contribution in [0.3, 0.4) is 0 Å². The summed E-state index contributed by atoms with van der Waals surface area (Å²) >= 11 is 1.69. The molecule has 2 nitrogen and oxygen atoms in total. The maximum Gasteiger partial charge on any atom is 0.169 e. The molecular weight excluding hydrogens is 268 g/mol. The van der Waals surface area contributed by atoms with Crippen LogP contribution in [-0.2, 0) is 0 Å². The lowest BCUT2D eigenvalue weighted by Crippen LogP contribution is -2.06. The van der Waals surface area contributed by atoms with Gasteiger partial charge in [-0.3, -0.25) is 0 Å². The highest BCUT2D eigenvalue weighted by atomic mass is 32.1. The molecule has 0 atom stereocenters. The first-order valence-electron chi connectivity index (χ1n) is 6.64. The van der Waals surface area contributed by atoms with Crippen molar-refractivity contribution in [3.8, 4) is 17.2 Å². The lowest BCUT2D eigenvalue weighted by Gasteiger charge is -2.14. The maximum atomic E-state index is 6.05. The van der Waals surface area contributed by atoms with Gasteiger partial charge < -0.3 is 9.47 Å². The fraction of sp³-hybridized carbons (Fsp3) is 0.176. The van der Waals surface area contributed by atoms with Gasteiger partial charge in [0, 0.05) is 15.5 Å². The van der Waals surface area contributed by atoms with Crippen LogP contribution in [0.2, 0.25) is 0 Å². The molecule has 20 heavy (non-hydrogen) atoms. The van der Waals surface area contributed by atoms with E-state index in [9.17, 15) is 0 Å². The number of para-hydroxylation sites is 2. The Kier molecular flexibility index (Phi) is 3.61. The molecule has 0 radical (unpaired) electrons. The molecule has 0 aliphatic rings. The lowest BCUT2D eigenvalue weighted by molar-refractivity contribution is 0.233. The third kappa shape index (κ3) is 2.63. The highest BCUT2D eigenvalue weighted by Crippen LogP contribution is 2.38. The van der Waals surface area contributed by atoms with Crippen molar-refractivity contribution >= 4 is 21.4 Å². The summed E-state index contributed by atoms with van der Waals surface area (Å²) in [4.78, 5) is 0. The number of fused-ring (bicyclic) bond motifs is 1. The average Bonchev–Trinajstić information content (AvgIpc) is 2.84. The Morgan fingerprint density at radius 3 is 2.35 bits per heavy atom. The number of hydrogen-bond acceptors (Lipinski definition) is 3. The van der Waals surface area contributed by atoms with Gasteiger partial charge in [-0.05, 0) is 38.1 Å². The van der Waals surface area contributed by atoms with E-state index in [1.807, 2.05) is 55.6 Å². The zero-order chi connectivity index (χ0) is 13.9. The van der Waals surface area contributed by atoms with E-state index in [-0.39, 0.29) is 6.10 Å². The molecule has 3 heteroatoms. The van der Waals surface area contributed by atoms with E-state index >= 15 is 0 Å². The van der Waals surface area contributed by atoms with Gasteiger partial charge in [0.15, 0.2) is 11.5 Å². The molecule has 0 N–H and O–H groups in total. The van der Waals surface area contributed by atoms with Gasteiger partial charge in [-0.25, -0.2) is 0 Å². The van der Waals surface area contributed by atoms with Crippen LogP contribution in [-0.4, -0.2) is 6.10 Å². The summed E-state index contributed by atoms with van der Waals surface area (Å²) in [5.41, 5.74) is 0. The fourth-order valence-corrected chi connectivity index (χ4v) is 2.90. The molecule has 0 aliphatic carbocycles. The van der Waals surface area contributed by atoms with Crippen LogP contribution in [0.1, 0.15) is 13.8 Å². The summed E-state index contributed by atoms with van der Waals surface area (Å²) in [6.07, 6.45) is 0.124.